The minimum absolute atomic E-state index is 0.0611. The number of piperidine rings is 1. The molecule has 0 atom stereocenters. The minimum atomic E-state index is -0.288. The van der Waals surface area contributed by atoms with Gasteiger partial charge in [-0.1, -0.05) is 24.3 Å². The van der Waals surface area contributed by atoms with Gasteiger partial charge in [-0.3, -0.25) is 9.59 Å². The van der Waals surface area contributed by atoms with E-state index < -0.39 is 0 Å². The average molecular weight is 450 g/mol. The quantitative estimate of drug-likeness (QED) is 0.500. The van der Waals surface area contributed by atoms with E-state index >= 15 is 0 Å². The molecular formula is C25H27N3O5. The maximum absolute atomic E-state index is 12.9. The van der Waals surface area contributed by atoms with E-state index in [4.69, 9.17) is 9.47 Å². The van der Waals surface area contributed by atoms with Gasteiger partial charge in [0, 0.05) is 25.2 Å². The van der Waals surface area contributed by atoms with Crippen molar-refractivity contribution in [3.63, 3.8) is 0 Å². The van der Waals surface area contributed by atoms with Gasteiger partial charge in [0.05, 0.1) is 19.9 Å². The van der Waals surface area contributed by atoms with E-state index in [1.165, 1.54) is 4.90 Å². The molecule has 0 aromatic heterocycles. The summed E-state index contributed by atoms with van der Waals surface area (Å²) in [6, 6.07) is 14.1. The Morgan fingerprint density at radius 2 is 1.67 bits per heavy atom. The van der Waals surface area contributed by atoms with Crippen molar-refractivity contribution < 1.29 is 23.9 Å². The van der Waals surface area contributed by atoms with Gasteiger partial charge in [-0.25, -0.2) is 9.69 Å². The van der Waals surface area contributed by atoms with Gasteiger partial charge in [-0.2, -0.15) is 0 Å². The Hall–Kier alpha value is -3.81. The van der Waals surface area contributed by atoms with E-state index in [0.29, 0.717) is 43.1 Å². The molecule has 2 aliphatic rings. The van der Waals surface area contributed by atoms with Crippen molar-refractivity contribution in [3.05, 3.63) is 60.2 Å². The third-order valence-electron chi connectivity index (χ3n) is 6.05. The van der Waals surface area contributed by atoms with Crippen molar-refractivity contribution in [1.82, 2.24) is 9.80 Å². The monoisotopic (exact) mass is 449 g/mol. The zero-order chi connectivity index (χ0) is 23.4. The van der Waals surface area contributed by atoms with Crippen LogP contribution in [0.25, 0.3) is 6.08 Å². The lowest BCUT2D eigenvalue weighted by Gasteiger charge is -2.35. The molecule has 0 unspecified atom stereocenters. The van der Waals surface area contributed by atoms with Gasteiger partial charge in [0.25, 0.3) is 5.91 Å². The number of hydrogen-bond acceptors (Lipinski definition) is 5. The molecule has 2 aromatic rings. The van der Waals surface area contributed by atoms with E-state index in [1.54, 1.807) is 66.5 Å². The SMILES string of the molecule is COc1ccc(/C=C/C(=O)N2CCC(N3CC(=O)N(c4ccccc4)C3=O)CC2)cc1OC. The van der Waals surface area contributed by atoms with Crippen molar-refractivity contribution >= 4 is 29.6 Å². The van der Waals surface area contributed by atoms with Gasteiger partial charge in [-0.15, -0.1) is 0 Å². The summed E-state index contributed by atoms with van der Waals surface area (Å²) < 4.78 is 10.5. The Bertz CT molecular complexity index is 1060. The maximum Gasteiger partial charge on any atom is 0.332 e. The molecular weight excluding hydrogens is 422 g/mol. The summed E-state index contributed by atoms with van der Waals surface area (Å²) in [4.78, 5) is 42.7. The van der Waals surface area contributed by atoms with Crippen LogP contribution in [0.3, 0.4) is 0 Å². The summed E-state index contributed by atoms with van der Waals surface area (Å²) in [6.45, 7) is 1.14. The first-order valence-corrected chi connectivity index (χ1v) is 10.9. The molecule has 2 fully saturated rings. The maximum atomic E-state index is 12.9. The van der Waals surface area contributed by atoms with Crippen LogP contribution in [0.2, 0.25) is 0 Å². The lowest BCUT2D eigenvalue weighted by molar-refractivity contribution is -0.127. The predicted octanol–water partition coefficient (Wildman–Crippen LogP) is 3.18. The number of amides is 4. The Morgan fingerprint density at radius 1 is 0.970 bits per heavy atom. The number of rotatable bonds is 6. The Morgan fingerprint density at radius 3 is 2.33 bits per heavy atom. The van der Waals surface area contributed by atoms with Crippen molar-refractivity contribution in [2.24, 2.45) is 0 Å². The molecule has 0 spiro atoms. The standard InChI is InChI=1S/C25H27N3O5/c1-32-21-10-8-18(16-22(21)33-2)9-11-23(29)26-14-12-19(13-15-26)27-17-24(30)28(25(27)31)20-6-4-3-5-7-20/h3-11,16,19H,12-15,17H2,1-2H3/b11-9+. The number of methoxy groups -OCH3 is 2. The third-order valence-corrected chi connectivity index (χ3v) is 6.05. The molecule has 2 aliphatic heterocycles. The molecule has 2 saturated heterocycles. The number of imide groups is 1. The third kappa shape index (κ3) is 4.69. The molecule has 4 amide bonds. The second kappa shape index (κ2) is 9.77. The summed E-state index contributed by atoms with van der Waals surface area (Å²) in [6.07, 6.45) is 4.56. The Labute approximate surface area is 193 Å². The smallest absolute Gasteiger partial charge is 0.332 e. The summed E-state index contributed by atoms with van der Waals surface area (Å²) in [7, 11) is 3.14. The van der Waals surface area contributed by atoms with Crippen LogP contribution < -0.4 is 14.4 Å². The Balaban J connectivity index is 1.34. The van der Waals surface area contributed by atoms with Crippen LogP contribution in [-0.2, 0) is 9.59 Å². The molecule has 2 aromatic carbocycles. The normalized spacial score (nSPS) is 17.2. The number of likely N-dealkylation sites (tertiary alicyclic amines) is 1. The molecule has 33 heavy (non-hydrogen) atoms. The number of carbonyl (C=O) groups excluding carboxylic acids is 3. The number of hydrogen-bond donors (Lipinski definition) is 0. The molecule has 8 heteroatoms. The average Bonchev–Trinajstić information content (AvgIpc) is 3.16. The highest BCUT2D eigenvalue weighted by Gasteiger charge is 2.41. The molecule has 0 aliphatic carbocycles. The second-order valence-corrected chi connectivity index (χ2v) is 7.98. The highest BCUT2D eigenvalue weighted by atomic mass is 16.5. The van der Waals surface area contributed by atoms with Crippen LogP contribution in [0.4, 0.5) is 10.5 Å². The summed E-state index contributed by atoms with van der Waals surface area (Å²) in [5, 5.41) is 0. The highest BCUT2D eigenvalue weighted by Crippen LogP contribution is 2.29. The van der Waals surface area contributed by atoms with Crippen LogP contribution >= 0.6 is 0 Å². The first-order chi connectivity index (χ1) is 16.0. The van der Waals surface area contributed by atoms with E-state index in [1.807, 2.05) is 18.2 Å². The molecule has 8 nitrogen and oxygen atoms in total. The van der Waals surface area contributed by atoms with Crippen LogP contribution in [-0.4, -0.2) is 67.5 Å². The number of nitrogens with zero attached hydrogens (tertiary/aromatic N) is 3. The van der Waals surface area contributed by atoms with E-state index in [0.717, 1.165) is 5.56 Å². The molecule has 4 rings (SSSR count). The van der Waals surface area contributed by atoms with Gasteiger partial charge < -0.3 is 19.3 Å². The van der Waals surface area contributed by atoms with Gasteiger partial charge in [0.1, 0.15) is 6.54 Å². The van der Waals surface area contributed by atoms with Crippen molar-refractivity contribution in [1.29, 1.82) is 0 Å². The van der Waals surface area contributed by atoms with Gasteiger partial charge in [0.15, 0.2) is 11.5 Å². The van der Waals surface area contributed by atoms with E-state index in [2.05, 4.69) is 0 Å². The highest BCUT2D eigenvalue weighted by molar-refractivity contribution is 6.19. The van der Waals surface area contributed by atoms with Gasteiger partial charge in [0.2, 0.25) is 5.91 Å². The summed E-state index contributed by atoms with van der Waals surface area (Å²) in [5.74, 6) is 0.923. The number of carbonyl (C=O) groups is 3. The van der Waals surface area contributed by atoms with Crippen LogP contribution in [0, 0.1) is 0 Å². The van der Waals surface area contributed by atoms with Crippen molar-refractivity contribution in [2.75, 3.05) is 38.8 Å². The lowest BCUT2D eigenvalue weighted by atomic mass is 10.0. The second-order valence-electron chi connectivity index (χ2n) is 7.98. The zero-order valence-corrected chi connectivity index (χ0v) is 18.8. The number of urea groups is 1. The Kier molecular flexibility index (Phi) is 6.63. The predicted molar refractivity (Wildman–Crippen MR) is 124 cm³/mol. The molecule has 2 heterocycles. The fraction of sp³-hybridized carbons (Fsp3) is 0.320. The van der Waals surface area contributed by atoms with Crippen LogP contribution in [0.15, 0.2) is 54.6 Å². The van der Waals surface area contributed by atoms with Crippen LogP contribution in [0.5, 0.6) is 11.5 Å². The lowest BCUT2D eigenvalue weighted by Crippen LogP contribution is -2.47. The van der Waals surface area contributed by atoms with E-state index in [-0.39, 0.29) is 30.4 Å². The van der Waals surface area contributed by atoms with Gasteiger partial charge >= 0.3 is 6.03 Å². The molecule has 0 bridgehead atoms. The number of ether oxygens (including phenoxy) is 2. The minimum Gasteiger partial charge on any atom is -0.493 e. The molecule has 0 N–H and O–H groups in total. The number of anilines is 1. The number of para-hydroxylation sites is 1. The topological polar surface area (TPSA) is 79.4 Å². The molecule has 0 radical (unpaired) electrons. The fourth-order valence-corrected chi connectivity index (χ4v) is 4.26. The fourth-order valence-electron chi connectivity index (χ4n) is 4.26. The zero-order valence-electron chi connectivity index (χ0n) is 18.8. The van der Waals surface area contributed by atoms with Gasteiger partial charge in [-0.05, 0) is 48.7 Å². The first-order valence-electron chi connectivity index (χ1n) is 10.9. The van der Waals surface area contributed by atoms with Crippen LogP contribution in [0.1, 0.15) is 18.4 Å². The van der Waals surface area contributed by atoms with E-state index in [9.17, 15) is 14.4 Å². The number of benzene rings is 2. The molecule has 0 saturated carbocycles. The first kappa shape index (κ1) is 22.4. The van der Waals surface area contributed by atoms with Crippen molar-refractivity contribution in [2.45, 2.75) is 18.9 Å². The summed E-state index contributed by atoms with van der Waals surface area (Å²) in [5.41, 5.74) is 1.42. The summed E-state index contributed by atoms with van der Waals surface area (Å²) >= 11 is 0. The largest absolute Gasteiger partial charge is 0.493 e. The molecule has 172 valence electrons. The van der Waals surface area contributed by atoms with Crippen molar-refractivity contribution in [3.8, 4) is 11.5 Å².